The maximum Gasteiger partial charge on any atom is 0.330 e. The van der Waals surface area contributed by atoms with Crippen molar-refractivity contribution >= 4 is 29.4 Å². The molecular weight excluding hydrogens is 518 g/mol. The second kappa shape index (κ2) is 13.2. The quantitative estimate of drug-likeness (QED) is 0.281. The van der Waals surface area contributed by atoms with Gasteiger partial charge in [-0.25, -0.2) is 4.79 Å². The number of aryl methyl sites for hydroxylation is 1. The third-order valence-corrected chi connectivity index (χ3v) is 6.25. The van der Waals surface area contributed by atoms with E-state index in [0.717, 1.165) is 0 Å². The Hall–Kier alpha value is -4.22. The number of hydrogen-bond acceptors (Lipinski definition) is 8. The Bertz CT molecular complexity index is 1320. The van der Waals surface area contributed by atoms with Crippen molar-refractivity contribution in [3.63, 3.8) is 0 Å². The van der Waals surface area contributed by atoms with Gasteiger partial charge in [-0.3, -0.25) is 19.2 Å². The van der Waals surface area contributed by atoms with Crippen molar-refractivity contribution in [2.24, 2.45) is 11.3 Å². The summed E-state index contributed by atoms with van der Waals surface area (Å²) in [5.41, 5.74) is -0.794. The molecule has 0 bridgehead atoms. The van der Waals surface area contributed by atoms with E-state index in [1.807, 2.05) is 20.8 Å². The molecule has 0 saturated carbocycles. The molecule has 1 fully saturated rings. The molecule has 3 atom stereocenters. The molecule has 1 aliphatic heterocycles. The summed E-state index contributed by atoms with van der Waals surface area (Å²) in [5, 5.41) is 11.8. The van der Waals surface area contributed by atoms with Crippen molar-refractivity contribution in [2.75, 3.05) is 18.5 Å². The molecule has 2 aromatic heterocycles. The molecule has 40 heavy (non-hydrogen) atoms. The molecule has 0 unspecified atom stereocenters. The number of carbonyl (C=O) groups is 4. The van der Waals surface area contributed by atoms with Gasteiger partial charge >= 0.3 is 5.97 Å². The lowest BCUT2D eigenvalue weighted by atomic mass is 9.97. The zero-order valence-corrected chi connectivity index (χ0v) is 23.5. The molecule has 3 N–H and O–H groups in total. The highest BCUT2D eigenvalue weighted by Gasteiger charge is 2.29. The van der Waals surface area contributed by atoms with Gasteiger partial charge in [-0.05, 0) is 43.7 Å². The Morgan fingerprint density at radius 2 is 2.05 bits per heavy atom. The highest BCUT2D eigenvalue weighted by atomic mass is 16.5. The molecule has 12 heteroatoms. The first-order chi connectivity index (χ1) is 18.9. The van der Waals surface area contributed by atoms with E-state index < -0.39 is 35.4 Å². The van der Waals surface area contributed by atoms with Crippen LogP contribution in [0.15, 0.2) is 45.9 Å². The number of nitrogens with one attached hydrogen (secondary N) is 3. The highest BCUT2D eigenvalue weighted by molar-refractivity contribution is 6.02. The van der Waals surface area contributed by atoms with Gasteiger partial charge in [-0.2, -0.15) is 0 Å². The van der Waals surface area contributed by atoms with Crippen LogP contribution < -0.4 is 21.5 Å². The SMILES string of the molecule is CC[C@@H](C(=O)N[C@H](C=CC(=O)OCC(C)(C)C)C[C@@H]1CCNC1=O)n1cccc(NC(=O)c2cc(C)on2)c1=O. The van der Waals surface area contributed by atoms with Crippen LogP contribution in [0.3, 0.4) is 0 Å². The van der Waals surface area contributed by atoms with Gasteiger partial charge in [-0.1, -0.05) is 38.9 Å². The zero-order valence-electron chi connectivity index (χ0n) is 23.5. The molecule has 1 saturated heterocycles. The molecule has 0 aromatic carbocycles. The minimum Gasteiger partial charge on any atom is -0.462 e. The van der Waals surface area contributed by atoms with Gasteiger partial charge in [0.2, 0.25) is 11.8 Å². The van der Waals surface area contributed by atoms with Crippen LogP contribution in [-0.2, 0) is 19.1 Å². The zero-order chi connectivity index (χ0) is 29.4. The lowest BCUT2D eigenvalue weighted by Gasteiger charge is -2.23. The number of aromatic nitrogens is 2. The van der Waals surface area contributed by atoms with E-state index >= 15 is 0 Å². The smallest absolute Gasteiger partial charge is 0.330 e. The summed E-state index contributed by atoms with van der Waals surface area (Å²) >= 11 is 0. The fourth-order valence-corrected chi connectivity index (χ4v) is 4.19. The average molecular weight is 556 g/mol. The molecule has 3 rings (SSSR count). The molecule has 12 nitrogen and oxygen atoms in total. The van der Waals surface area contributed by atoms with E-state index in [2.05, 4.69) is 21.1 Å². The summed E-state index contributed by atoms with van der Waals surface area (Å²) in [7, 11) is 0. The first-order valence-electron chi connectivity index (χ1n) is 13.3. The van der Waals surface area contributed by atoms with Crippen LogP contribution in [0.5, 0.6) is 0 Å². The number of pyridine rings is 1. The number of anilines is 1. The summed E-state index contributed by atoms with van der Waals surface area (Å²) in [4.78, 5) is 63.6. The molecule has 1 aliphatic rings. The number of nitrogens with zero attached hydrogens (tertiary/aromatic N) is 2. The largest absolute Gasteiger partial charge is 0.462 e. The van der Waals surface area contributed by atoms with Gasteiger partial charge in [0, 0.05) is 36.8 Å². The van der Waals surface area contributed by atoms with Crippen LogP contribution in [0.4, 0.5) is 5.69 Å². The standard InChI is InChI=1S/C28H37N5O7/c1-6-22(33-13-7-8-20(27(33)38)31-25(36)21-14-17(2)40-32-21)26(37)30-19(15-18-11-12-29-24(18)35)9-10-23(34)39-16-28(3,4)5/h7-10,13-14,18-19,22H,6,11-12,15-16H2,1-5H3,(H,29,35)(H,30,37)(H,31,36)/t18-,19+,22-/m0/s1. The monoisotopic (exact) mass is 555 g/mol. The number of carbonyl (C=O) groups excluding carboxylic acids is 4. The first kappa shape index (κ1) is 30.3. The average Bonchev–Trinajstić information content (AvgIpc) is 3.51. The second-order valence-corrected chi connectivity index (χ2v) is 11.0. The molecule has 2 aromatic rings. The summed E-state index contributed by atoms with van der Waals surface area (Å²) in [6, 6.07) is 2.84. The van der Waals surface area contributed by atoms with Crippen LogP contribution in [0, 0.1) is 18.3 Å². The molecule has 0 spiro atoms. The minimum absolute atomic E-state index is 0.0173. The Morgan fingerprint density at radius 3 is 2.65 bits per heavy atom. The predicted molar refractivity (Wildman–Crippen MR) is 146 cm³/mol. The number of esters is 1. The van der Waals surface area contributed by atoms with E-state index in [4.69, 9.17) is 9.26 Å². The summed E-state index contributed by atoms with van der Waals surface area (Å²) in [6.45, 7) is 9.97. The van der Waals surface area contributed by atoms with E-state index in [9.17, 15) is 24.0 Å². The molecule has 3 heterocycles. The fourth-order valence-electron chi connectivity index (χ4n) is 4.19. The van der Waals surface area contributed by atoms with E-state index in [-0.39, 0.29) is 48.1 Å². The Balaban J connectivity index is 1.77. The summed E-state index contributed by atoms with van der Waals surface area (Å²) in [6.07, 6.45) is 5.37. The van der Waals surface area contributed by atoms with Gasteiger partial charge in [0.25, 0.3) is 11.5 Å². The lowest BCUT2D eigenvalue weighted by Crippen LogP contribution is -2.43. The normalized spacial score (nSPS) is 16.8. The van der Waals surface area contributed by atoms with Crippen molar-refractivity contribution in [3.8, 4) is 0 Å². The predicted octanol–water partition coefficient (Wildman–Crippen LogP) is 2.50. The van der Waals surface area contributed by atoms with Crippen LogP contribution >= 0.6 is 0 Å². The number of hydrogen-bond donors (Lipinski definition) is 3. The topological polar surface area (TPSA) is 162 Å². The number of amides is 3. The molecule has 216 valence electrons. The number of rotatable bonds is 11. The van der Waals surface area contributed by atoms with Gasteiger partial charge in [0.15, 0.2) is 5.69 Å². The third kappa shape index (κ3) is 8.39. The highest BCUT2D eigenvalue weighted by Crippen LogP contribution is 2.19. The minimum atomic E-state index is -0.917. The van der Waals surface area contributed by atoms with Gasteiger partial charge in [0.05, 0.1) is 6.61 Å². The lowest BCUT2D eigenvalue weighted by molar-refractivity contribution is -0.140. The Kier molecular flexibility index (Phi) is 10.0. The summed E-state index contributed by atoms with van der Waals surface area (Å²) in [5.74, 6) is -1.66. The molecule has 0 aliphatic carbocycles. The van der Waals surface area contributed by atoms with Crippen LogP contribution in [-0.4, -0.2) is 52.6 Å². The summed E-state index contributed by atoms with van der Waals surface area (Å²) < 4.78 is 11.4. The third-order valence-electron chi connectivity index (χ3n) is 6.25. The molecule has 0 radical (unpaired) electrons. The van der Waals surface area contributed by atoms with E-state index in [0.29, 0.717) is 18.7 Å². The fraction of sp³-hybridized carbons (Fsp3) is 0.500. The van der Waals surface area contributed by atoms with Crippen LogP contribution in [0.2, 0.25) is 0 Å². The van der Waals surface area contributed by atoms with Crippen molar-refractivity contribution in [2.45, 2.75) is 66.0 Å². The maximum absolute atomic E-state index is 13.4. The van der Waals surface area contributed by atoms with E-state index in [1.54, 1.807) is 19.9 Å². The second-order valence-electron chi connectivity index (χ2n) is 11.0. The van der Waals surface area contributed by atoms with Crippen LogP contribution in [0.1, 0.15) is 69.2 Å². The Labute approximate surface area is 232 Å². The van der Waals surface area contributed by atoms with Gasteiger partial charge in [0.1, 0.15) is 17.5 Å². The van der Waals surface area contributed by atoms with Gasteiger partial charge < -0.3 is 29.8 Å². The van der Waals surface area contributed by atoms with Crippen molar-refractivity contribution in [1.82, 2.24) is 20.4 Å². The molecular formula is C28H37N5O7. The maximum atomic E-state index is 13.4. The van der Waals surface area contributed by atoms with E-state index in [1.165, 1.54) is 35.0 Å². The number of ether oxygens (including phenoxy) is 1. The first-order valence-corrected chi connectivity index (χ1v) is 13.3. The van der Waals surface area contributed by atoms with Crippen LogP contribution in [0.25, 0.3) is 0 Å². The van der Waals surface area contributed by atoms with Crippen molar-refractivity contribution in [3.05, 3.63) is 58.4 Å². The Morgan fingerprint density at radius 1 is 1.30 bits per heavy atom. The molecule has 3 amide bonds. The van der Waals surface area contributed by atoms with Crippen molar-refractivity contribution in [1.29, 1.82) is 0 Å². The van der Waals surface area contributed by atoms with Crippen molar-refractivity contribution < 1.29 is 28.4 Å². The van der Waals surface area contributed by atoms with Gasteiger partial charge in [-0.15, -0.1) is 0 Å².